The highest BCUT2D eigenvalue weighted by atomic mass is 19.4. The normalized spacial score (nSPS) is 12.3. The maximum absolute atomic E-state index is 13.5. The molecule has 0 spiro atoms. The number of halogens is 6. The van der Waals surface area contributed by atoms with Crippen LogP contribution in [0.4, 0.5) is 32.3 Å². The molecular weight excluding hydrogens is 440 g/mol. The van der Waals surface area contributed by atoms with Crippen LogP contribution >= 0.6 is 0 Å². The molecule has 32 heavy (non-hydrogen) atoms. The van der Waals surface area contributed by atoms with Gasteiger partial charge in [0.25, 0.3) is 0 Å². The highest BCUT2D eigenvalue weighted by molar-refractivity contribution is 5.73. The molecule has 2 aromatic carbocycles. The van der Waals surface area contributed by atoms with Crippen LogP contribution < -0.4 is 11.1 Å². The van der Waals surface area contributed by atoms with Crippen molar-refractivity contribution in [1.82, 2.24) is 15.2 Å². The number of hydrogen-bond acceptors (Lipinski definition) is 6. The summed E-state index contributed by atoms with van der Waals surface area (Å²) in [6.45, 7) is 0.162. The monoisotopic (exact) mass is 455 g/mol. The van der Waals surface area contributed by atoms with Crippen molar-refractivity contribution >= 4 is 12.0 Å². The van der Waals surface area contributed by atoms with Gasteiger partial charge >= 0.3 is 12.4 Å². The highest BCUT2D eigenvalue weighted by Gasteiger charge is 2.39. The number of nitrogens with zero attached hydrogens (tertiary/aromatic N) is 3. The van der Waals surface area contributed by atoms with Gasteiger partial charge in [-0.2, -0.15) is 26.3 Å². The molecule has 1 heterocycles. The van der Waals surface area contributed by atoms with Gasteiger partial charge in [0.15, 0.2) is 0 Å². The van der Waals surface area contributed by atoms with Crippen LogP contribution in [0.2, 0.25) is 0 Å². The quantitative estimate of drug-likeness (QED) is 0.477. The molecule has 4 N–H and O–H groups in total. The zero-order chi connectivity index (χ0) is 23.5. The summed E-state index contributed by atoms with van der Waals surface area (Å²) in [7, 11) is 0. The zero-order valence-electron chi connectivity index (χ0n) is 16.0. The number of rotatable bonds is 5. The fourth-order valence-electron chi connectivity index (χ4n) is 2.82. The number of aromatic hydroxyl groups is 1. The van der Waals surface area contributed by atoms with Gasteiger partial charge in [-0.05, 0) is 42.1 Å². The van der Waals surface area contributed by atoms with Crippen molar-refractivity contribution in [3.05, 3.63) is 71.0 Å². The number of nitrogens with two attached hydrogens (primary N) is 1. The first-order valence-electron chi connectivity index (χ1n) is 8.92. The molecule has 0 fully saturated rings. The second-order valence-corrected chi connectivity index (χ2v) is 6.51. The summed E-state index contributed by atoms with van der Waals surface area (Å²) in [5.41, 5.74) is 1.89. The molecule has 0 aliphatic carbocycles. The lowest BCUT2D eigenvalue weighted by Gasteiger charge is -2.16. The smallest absolute Gasteiger partial charge is 0.417 e. The number of hydrogen-bond donors (Lipinski definition) is 3. The van der Waals surface area contributed by atoms with Crippen molar-refractivity contribution in [1.29, 1.82) is 0 Å². The van der Waals surface area contributed by atoms with E-state index >= 15 is 0 Å². The minimum Gasteiger partial charge on any atom is -0.508 e. The summed E-state index contributed by atoms with van der Waals surface area (Å²) in [6, 6.07) is 7.48. The predicted molar refractivity (Wildman–Crippen MR) is 104 cm³/mol. The van der Waals surface area contributed by atoms with Gasteiger partial charge in [-0.15, -0.1) is 10.2 Å². The first-order valence-corrected chi connectivity index (χ1v) is 8.92. The molecule has 0 radical (unpaired) electrons. The molecule has 0 atom stereocenters. The van der Waals surface area contributed by atoms with Crippen LogP contribution in [0.15, 0.2) is 48.7 Å². The van der Waals surface area contributed by atoms with Gasteiger partial charge in [-0.25, -0.2) is 4.98 Å². The van der Waals surface area contributed by atoms with Crippen molar-refractivity contribution in [2.24, 2.45) is 5.73 Å². The molecule has 3 aromatic rings. The van der Waals surface area contributed by atoms with Gasteiger partial charge in [0.1, 0.15) is 11.4 Å². The first kappa shape index (κ1) is 22.8. The number of anilines is 1. The number of phenols is 1. The van der Waals surface area contributed by atoms with Crippen molar-refractivity contribution in [3.8, 4) is 17.0 Å². The average Bonchev–Trinajstić information content (AvgIpc) is 2.71. The Balaban J connectivity index is 2.02. The molecule has 6 nitrogen and oxygen atoms in total. The van der Waals surface area contributed by atoms with Gasteiger partial charge in [-0.3, -0.25) is 0 Å². The Kier molecular flexibility index (Phi) is 6.23. The van der Waals surface area contributed by atoms with Crippen LogP contribution in [0.25, 0.3) is 17.3 Å². The topological polar surface area (TPSA) is 97.0 Å². The summed E-state index contributed by atoms with van der Waals surface area (Å²) in [4.78, 5) is 4.07. The Hall–Kier alpha value is -3.83. The Morgan fingerprint density at radius 2 is 1.72 bits per heavy atom. The largest absolute Gasteiger partial charge is 0.508 e. The Bertz CT molecular complexity index is 1140. The van der Waals surface area contributed by atoms with Crippen LogP contribution in [0, 0.1) is 0 Å². The summed E-state index contributed by atoms with van der Waals surface area (Å²) < 4.78 is 79.4. The van der Waals surface area contributed by atoms with E-state index in [1.165, 1.54) is 12.1 Å². The van der Waals surface area contributed by atoms with E-state index in [-0.39, 0.29) is 30.0 Å². The lowest BCUT2D eigenvalue weighted by atomic mass is 9.99. The maximum Gasteiger partial charge on any atom is 0.417 e. The molecule has 0 aliphatic rings. The predicted octanol–water partition coefficient (Wildman–Crippen LogP) is 4.82. The summed E-state index contributed by atoms with van der Waals surface area (Å²) in [6.07, 6.45) is -7.89. The van der Waals surface area contributed by atoms with Gasteiger partial charge in [0, 0.05) is 12.1 Å². The van der Waals surface area contributed by atoms with E-state index in [1.54, 1.807) is 12.1 Å². The second kappa shape index (κ2) is 8.73. The van der Waals surface area contributed by atoms with Gasteiger partial charge in [-0.1, -0.05) is 18.2 Å². The van der Waals surface area contributed by atoms with Crippen LogP contribution in [-0.2, 0) is 18.9 Å². The molecule has 0 amide bonds. The van der Waals surface area contributed by atoms with E-state index in [1.807, 2.05) is 0 Å². The van der Waals surface area contributed by atoms with Crippen LogP contribution in [0.5, 0.6) is 5.75 Å². The van der Waals surface area contributed by atoms with Crippen molar-refractivity contribution in [2.75, 3.05) is 5.32 Å². The van der Waals surface area contributed by atoms with E-state index in [0.29, 0.717) is 17.7 Å². The Morgan fingerprint density at radius 1 is 0.969 bits per heavy atom. The second-order valence-electron chi connectivity index (χ2n) is 6.51. The van der Waals surface area contributed by atoms with Crippen LogP contribution in [0.1, 0.15) is 22.4 Å². The molecule has 0 saturated carbocycles. The molecular formula is C20H15F6N5O. The summed E-state index contributed by atoms with van der Waals surface area (Å²) in [5, 5.41) is 19.8. The van der Waals surface area contributed by atoms with Crippen molar-refractivity contribution in [3.63, 3.8) is 0 Å². The lowest BCUT2D eigenvalue weighted by molar-refractivity contribution is -0.142. The summed E-state index contributed by atoms with van der Waals surface area (Å²) in [5.74, 6) is -0.0295. The first-order chi connectivity index (χ1) is 15.0. The van der Waals surface area contributed by atoms with Crippen LogP contribution in [-0.4, -0.2) is 20.3 Å². The highest BCUT2D eigenvalue weighted by Crippen LogP contribution is 2.41. The molecule has 0 unspecified atom stereocenters. The molecule has 0 aliphatic heterocycles. The van der Waals surface area contributed by atoms with Gasteiger partial charge in [0.2, 0.25) is 5.95 Å². The lowest BCUT2D eigenvalue weighted by Crippen LogP contribution is -2.13. The molecule has 168 valence electrons. The minimum atomic E-state index is -5.09. The van der Waals surface area contributed by atoms with E-state index in [2.05, 4.69) is 20.5 Å². The molecule has 1 aromatic heterocycles. The summed E-state index contributed by atoms with van der Waals surface area (Å²) >= 11 is 0. The Morgan fingerprint density at radius 3 is 2.34 bits per heavy atom. The minimum absolute atomic E-state index is 0.0149. The van der Waals surface area contributed by atoms with Crippen molar-refractivity contribution < 1.29 is 31.4 Å². The Labute approximate surface area is 177 Å². The number of phenolic OH excluding ortho intramolecular Hbond substituents is 1. The molecule has 0 bridgehead atoms. The van der Waals surface area contributed by atoms with Gasteiger partial charge in [0.05, 0.1) is 16.8 Å². The van der Waals surface area contributed by atoms with E-state index in [9.17, 15) is 31.4 Å². The number of aromatic nitrogens is 3. The third-order valence-electron chi connectivity index (χ3n) is 4.24. The molecule has 0 saturated heterocycles. The fraction of sp³-hybridized carbons (Fsp3) is 0.150. The third-order valence-corrected chi connectivity index (χ3v) is 4.24. The number of alkyl halides is 6. The number of nitrogens with one attached hydrogen (secondary N) is 1. The van der Waals surface area contributed by atoms with E-state index < -0.39 is 34.7 Å². The standard InChI is InChI=1S/C20H15F6N5O/c21-19(22,23)12-4-5-14(15(9-12)20(24,25)26)17-16(6-7-27)29-18(31-30-17)28-10-11-2-1-3-13(32)8-11/h1-9,32H,10,27H2,(H,28,29,31)/b7-6-. The van der Waals surface area contributed by atoms with Crippen LogP contribution in [0.3, 0.4) is 0 Å². The number of benzene rings is 2. The van der Waals surface area contributed by atoms with Gasteiger partial charge < -0.3 is 16.2 Å². The average molecular weight is 455 g/mol. The maximum atomic E-state index is 13.5. The third kappa shape index (κ3) is 5.25. The van der Waals surface area contributed by atoms with Crippen molar-refractivity contribution in [2.45, 2.75) is 18.9 Å². The van der Waals surface area contributed by atoms with E-state index in [4.69, 9.17) is 5.73 Å². The zero-order valence-corrected chi connectivity index (χ0v) is 16.0. The SMILES string of the molecule is N/C=C\c1nc(NCc2cccc(O)c2)nnc1-c1ccc(C(F)(F)F)cc1C(F)(F)F. The molecule has 3 rings (SSSR count). The fourth-order valence-corrected chi connectivity index (χ4v) is 2.82. The van der Waals surface area contributed by atoms with E-state index in [0.717, 1.165) is 12.3 Å². The molecule has 12 heteroatoms.